The lowest BCUT2D eigenvalue weighted by molar-refractivity contribution is -0.132. The minimum Gasteiger partial charge on any atom is -0.465 e. The third-order valence-corrected chi connectivity index (χ3v) is 4.97. The fourth-order valence-corrected chi connectivity index (χ4v) is 2.97. The molecule has 0 aliphatic carbocycles. The van der Waals surface area contributed by atoms with Crippen LogP contribution in [0, 0.1) is 0 Å². The Bertz CT molecular complexity index is 892. The van der Waals surface area contributed by atoms with E-state index in [1.54, 1.807) is 20.8 Å². The molecule has 4 amide bonds. The smallest absolute Gasteiger partial charge is 0.293 e. The van der Waals surface area contributed by atoms with E-state index in [1.165, 1.54) is 20.8 Å². The summed E-state index contributed by atoms with van der Waals surface area (Å²) < 4.78 is 4.36. The number of unbranched alkanes of at least 4 members (excludes halogenated alkanes) is 1. The summed E-state index contributed by atoms with van der Waals surface area (Å²) in [5, 5.41) is 10.6. The Morgan fingerprint density at radius 3 is 1.98 bits per heavy atom. The van der Waals surface area contributed by atoms with Gasteiger partial charge in [-0.05, 0) is 46.1 Å². The van der Waals surface area contributed by atoms with E-state index in [0.29, 0.717) is 25.7 Å². The van der Waals surface area contributed by atoms with Gasteiger partial charge in [0.1, 0.15) is 11.8 Å². The summed E-state index contributed by atoms with van der Waals surface area (Å²) in [6.45, 7) is 13.0. The van der Waals surface area contributed by atoms with Gasteiger partial charge in [-0.15, -0.1) is 0 Å². The Morgan fingerprint density at radius 1 is 0.900 bits per heavy atom. The second-order valence-electron chi connectivity index (χ2n) is 9.49. The van der Waals surface area contributed by atoms with Crippen LogP contribution >= 0.6 is 0 Å². The predicted molar refractivity (Wildman–Crippen MR) is 154 cm³/mol. The van der Waals surface area contributed by atoms with Crippen molar-refractivity contribution < 1.29 is 33.5 Å². The van der Waals surface area contributed by atoms with Crippen LogP contribution in [0.15, 0.2) is 30.3 Å². The van der Waals surface area contributed by atoms with Gasteiger partial charge in [-0.1, -0.05) is 43.7 Å². The standard InChI is InChI=1S/C19H27N3O4.C6H13NO.C4H8O2/c1-13(9-10-14(2)23)21-18(25)12-20-19(26)17(22-15(3)24)11-16-7-5-4-6-8-16;1-3-4-5-7-6(2)8;1-4(2)6-3-5/h4-8,13,17H,9-12H2,1-3H3,(H,20,26)(H,21,25)(H,22,24);3-5H2,1-2H3,(H,7,8);3-4H,1-2H3. The zero-order valence-corrected chi connectivity index (χ0v) is 25.0. The number of ketones is 1. The fourth-order valence-electron chi connectivity index (χ4n) is 2.97. The van der Waals surface area contributed by atoms with E-state index in [-0.39, 0.29) is 42.2 Å². The Labute approximate surface area is 238 Å². The maximum absolute atomic E-state index is 12.3. The minimum atomic E-state index is -0.752. The van der Waals surface area contributed by atoms with Crippen molar-refractivity contribution >= 4 is 35.9 Å². The van der Waals surface area contributed by atoms with Crippen molar-refractivity contribution in [3.05, 3.63) is 35.9 Å². The number of nitrogens with one attached hydrogen (secondary N) is 4. The first-order valence-corrected chi connectivity index (χ1v) is 13.5. The van der Waals surface area contributed by atoms with Crippen LogP contribution < -0.4 is 21.3 Å². The van der Waals surface area contributed by atoms with Crippen LogP contribution in [0.5, 0.6) is 0 Å². The molecular formula is C29H48N4O7. The van der Waals surface area contributed by atoms with E-state index in [4.69, 9.17) is 0 Å². The van der Waals surface area contributed by atoms with Crippen LogP contribution in [0.3, 0.4) is 0 Å². The molecule has 4 N–H and O–H groups in total. The van der Waals surface area contributed by atoms with E-state index < -0.39 is 11.9 Å². The highest BCUT2D eigenvalue weighted by Gasteiger charge is 2.20. The summed E-state index contributed by atoms with van der Waals surface area (Å²) >= 11 is 0. The molecule has 1 aromatic rings. The van der Waals surface area contributed by atoms with Gasteiger partial charge in [0.25, 0.3) is 6.47 Å². The van der Waals surface area contributed by atoms with Gasteiger partial charge in [-0.3, -0.25) is 24.0 Å². The summed E-state index contributed by atoms with van der Waals surface area (Å²) in [6, 6.07) is 8.41. The summed E-state index contributed by atoms with van der Waals surface area (Å²) in [6.07, 6.45) is 3.54. The third kappa shape index (κ3) is 25.9. The van der Waals surface area contributed by atoms with Gasteiger partial charge in [-0.2, -0.15) is 0 Å². The highest BCUT2D eigenvalue weighted by molar-refractivity contribution is 5.90. The highest BCUT2D eigenvalue weighted by atomic mass is 16.5. The molecule has 0 bridgehead atoms. The largest absolute Gasteiger partial charge is 0.465 e. The summed E-state index contributed by atoms with van der Waals surface area (Å²) in [5.74, 6) is -0.938. The minimum absolute atomic E-state index is 0.0301. The van der Waals surface area contributed by atoms with Gasteiger partial charge >= 0.3 is 0 Å². The van der Waals surface area contributed by atoms with Crippen LogP contribution in [0.2, 0.25) is 0 Å². The first kappa shape index (κ1) is 38.4. The van der Waals surface area contributed by atoms with Gasteiger partial charge in [0.05, 0.1) is 12.6 Å². The molecule has 0 fully saturated rings. The molecule has 0 heterocycles. The summed E-state index contributed by atoms with van der Waals surface area (Å²) in [4.78, 5) is 66.2. The van der Waals surface area contributed by atoms with E-state index in [2.05, 4.69) is 32.9 Å². The van der Waals surface area contributed by atoms with Gasteiger partial charge in [-0.25, -0.2) is 0 Å². The van der Waals surface area contributed by atoms with Gasteiger partial charge < -0.3 is 30.8 Å². The van der Waals surface area contributed by atoms with Crippen LogP contribution in [0.25, 0.3) is 0 Å². The molecule has 11 heteroatoms. The maximum atomic E-state index is 12.3. The number of carbonyl (C=O) groups excluding carboxylic acids is 6. The summed E-state index contributed by atoms with van der Waals surface area (Å²) in [7, 11) is 0. The first-order chi connectivity index (χ1) is 18.8. The van der Waals surface area contributed by atoms with Crippen LogP contribution in [-0.4, -0.2) is 67.2 Å². The van der Waals surface area contributed by atoms with Crippen molar-refractivity contribution in [2.75, 3.05) is 13.1 Å². The molecule has 40 heavy (non-hydrogen) atoms. The quantitative estimate of drug-likeness (QED) is 0.188. The molecule has 226 valence electrons. The fraction of sp³-hybridized carbons (Fsp3) is 0.586. The summed E-state index contributed by atoms with van der Waals surface area (Å²) in [5.41, 5.74) is 0.906. The van der Waals surface area contributed by atoms with E-state index >= 15 is 0 Å². The van der Waals surface area contributed by atoms with Crippen molar-refractivity contribution in [2.45, 2.75) is 98.8 Å². The van der Waals surface area contributed by atoms with Gasteiger partial charge in [0, 0.05) is 39.3 Å². The molecule has 0 aliphatic heterocycles. The average Bonchev–Trinajstić information content (AvgIpc) is 2.86. The number of carbonyl (C=O) groups is 6. The van der Waals surface area contributed by atoms with Crippen molar-refractivity contribution in [1.82, 2.24) is 21.3 Å². The Balaban J connectivity index is 0. The lowest BCUT2D eigenvalue weighted by atomic mass is 10.1. The molecule has 0 radical (unpaired) electrons. The molecule has 0 aromatic heterocycles. The maximum Gasteiger partial charge on any atom is 0.293 e. The zero-order valence-electron chi connectivity index (χ0n) is 25.0. The lowest BCUT2D eigenvalue weighted by Crippen LogP contribution is -2.50. The molecule has 0 spiro atoms. The SMILES string of the molecule is CC(=O)CCC(C)NC(=O)CNC(=O)C(Cc1ccccc1)NC(C)=O.CC(C)OC=O.CCCCNC(C)=O. The van der Waals surface area contributed by atoms with Crippen LogP contribution in [0.1, 0.15) is 79.7 Å². The molecule has 0 saturated carbocycles. The molecule has 1 aromatic carbocycles. The molecule has 1 rings (SSSR count). The van der Waals surface area contributed by atoms with Gasteiger partial charge in [0.2, 0.25) is 23.6 Å². The topological polar surface area (TPSA) is 160 Å². The van der Waals surface area contributed by atoms with Crippen molar-refractivity contribution in [3.63, 3.8) is 0 Å². The second-order valence-corrected chi connectivity index (χ2v) is 9.49. The molecule has 11 nitrogen and oxygen atoms in total. The number of rotatable bonds is 15. The Hall–Kier alpha value is -3.76. The lowest BCUT2D eigenvalue weighted by Gasteiger charge is -2.18. The van der Waals surface area contributed by atoms with Gasteiger partial charge in [0.15, 0.2) is 0 Å². The van der Waals surface area contributed by atoms with Crippen LogP contribution in [0.4, 0.5) is 0 Å². The van der Waals surface area contributed by atoms with Crippen LogP contribution in [-0.2, 0) is 39.9 Å². The molecule has 2 atom stereocenters. The monoisotopic (exact) mass is 564 g/mol. The van der Waals surface area contributed by atoms with E-state index in [1.807, 2.05) is 30.3 Å². The van der Waals surface area contributed by atoms with Crippen molar-refractivity contribution in [2.24, 2.45) is 0 Å². The zero-order chi connectivity index (χ0) is 30.9. The third-order valence-electron chi connectivity index (χ3n) is 4.97. The second kappa shape index (κ2) is 24.3. The van der Waals surface area contributed by atoms with Crippen molar-refractivity contribution in [1.29, 1.82) is 0 Å². The van der Waals surface area contributed by atoms with E-state index in [9.17, 15) is 28.8 Å². The number of hydrogen-bond donors (Lipinski definition) is 4. The highest BCUT2D eigenvalue weighted by Crippen LogP contribution is 2.04. The number of benzene rings is 1. The van der Waals surface area contributed by atoms with Crippen molar-refractivity contribution in [3.8, 4) is 0 Å². The van der Waals surface area contributed by atoms with E-state index in [0.717, 1.165) is 24.9 Å². The molecule has 0 saturated heterocycles. The Kier molecular flexibility index (Phi) is 23.3. The number of ether oxygens (including phenoxy) is 1. The molecule has 0 aliphatic rings. The number of amides is 4. The average molecular weight is 565 g/mol. The number of Topliss-reactive ketones (excluding diaryl/α,β-unsaturated/α-hetero) is 1. The predicted octanol–water partition coefficient (Wildman–Crippen LogP) is 2.21. The normalized spacial score (nSPS) is 11.2. The molecule has 2 unspecified atom stereocenters. The molecular weight excluding hydrogens is 516 g/mol. The first-order valence-electron chi connectivity index (χ1n) is 13.5. The Morgan fingerprint density at radius 2 is 1.52 bits per heavy atom. The number of hydrogen-bond acceptors (Lipinski definition) is 7.